The molecule has 0 saturated carbocycles. The minimum absolute atomic E-state index is 0.657. The summed E-state index contributed by atoms with van der Waals surface area (Å²) in [5.41, 5.74) is 2.68. The number of halogens is 1. The minimum atomic E-state index is 0.657. The molecular formula is C14H15ClN2. The second-order valence-electron chi connectivity index (χ2n) is 3.84. The molecule has 1 heterocycles. The Morgan fingerprint density at radius 2 is 1.88 bits per heavy atom. The van der Waals surface area contributed by atoms with Crippen molar-refractivity contribution in [2.45, 2.75) is 19.9 Å². The highest BCUT2D eigenvalue weighted by atomic mass is 35.5. The molecule has 0 fully saturated rings. The van der Waals surface area contributed by atoms with Crippen molar-refractivity contribution in [3.8, 4) is 0 Å². The number of rotatable bonds is 4. The average molecular weight is 247 g/mol. The third-order valence-electron chi connectivity index (χ3n) is 2.69. The highest BCUT2D eigenvalue weighted by molar-refractivity contribution is 6.30. The van der Waals surface area contributed by atoms with Gasteiger partial charge in [0, 0.05) is 12.7 Å². The quantitative estimate of drug-likeness (QED) is 0.885. The maximum Gasteiger partial charge on any atom is 0.126 e. The first-order chi connectivity index (χ1) is 8.29. The molecule has 0 amide bonds. The Hall–Kier alpha value is -1.54. The van der Waals surface area contributed by atoms with Gasteiger partial charge in [-0.15, -0.1) is 0 Å². The van der Waals surface area contributed by atoms with Gasteiger partial charge in [-0.3, -0.25) is 0 Å². The first kappa shape index (κ1) is 11.9. The molecule has 0 aliphatic heterocycles. The van der Waals surface area contributed by atoms with Gasteiger partial charge in [0.25, 0.3) is 0 Å². The van der Waals surface area contributed by atoms with E-state index in [4.69, 9.17) is 11.6 Å². The molecule has 2 aromatic rings. The van der Waals surface area contributed by atoms with Crippen molar-refractivity contribution in [2.75, 3.05) is 5.32 Å². The molecular weight excluding hydrogens is 232 g/mol. The largest absolute Gasteiger partial charge is 0.366 e. The summed E-state index contributed by atoms with van der Waals surface area (Å²) in [5.74, 6) is 0.848. The van der Waals surface area contributed by atoms with Gasteiger partial charge >= 0.3 is 0 Å². The van der Waals surface area contributed by atoms with Gasteiger partial charge in [-0.1, -0.05) is 42.8 Å². The van der Waals surface area contributed by atoms with E-state index in [0.717, 1.165) is 18.8 Å². The number of hydrogen-bond donors (Lipinski definition) is 1. The lowest BCUT2D eigenvalue weighted by atomic mass is 10.1. The summed E-state index contributed by atoms with van der Waals surface area (Å²) >= 11 is 5.79. The van der Waals surface area contributed by atoms with Crippen LogP contribution in [0.15, 0.2) is 42.6 Å². The zero-order valence-corrected chi connectivity index (χ0v) is 10.5. The van der Waals surface area contributed by atoms with E-state index in [1.807, 2.05) is 12.1 Å². The molecule has 3 heteroatoms. The molecule has 2 rings (SSSR count). The summed E-state index contributed by atoms with van der Waals surface area (Å²) in [6.07, 6.45) is 2.70. The lowest BCUT2D eigenvalue weighted by Crippen LogP contribution is -2.03. The average Bonchev–Trinajstić information content (AvgIpc) is 2.38. The maximum absolute atomic E-state index is 5.79. The van der Waals surface area contributed by atoms with E-state index in [2.05, 4.69) is 41.5 Å². The molecule has 0 saturated heterocycles. The maximum atomic E-state index is 5.79. The van der Waals surface area contributed by atoms with Crippen LogP contribution in [-0.2, 0) is 13.0 Å². The fourth-order valence-electron chi connectivity index (χ4n) is 1.74. The summed E-state index contributed by atoms with van der Waals surface area (Å²) in [7, 11) is 0. The molecule has 17 heavy (non-hydrogen) atoms. The van der Waals surface area contributed by atoms with Crippen molar-refractivity contribution < 1.29 is 0 Å². The van der Waals surface area contributed by atoms with Gasteiger partial charge in [-0.2, -0.15) is 0 Å². The number of nitrogens with one attached hydrogen (secondary N) is 1. The van der Waals surface area contributed by atoms with Crippen LogP contribution in [0.3, 0.4) is 0 Å². The topological polar surface area (TPSA) is 24.9 Å². The summed E-state index contributed by atoms with van der Waals surface area (Å²) < 4.78 is 0. The van der Waals surface area contributed by atoms with Crippen molar-refractivity contribution in [3.05, 3.63) is 58.7 Å². The molecule has 1 N–H and O–H groups in total. The van der Waals surface area contributed by atoms with Gasteiger partial charge in [0.1, 0.15) is 5.82 Å². The lowest BCUT2D eigenvalue weighted by Gasteiger charge is -2.09. The van der Waals surface area contributed by atoms with Gasteiger partial charge < -0.3 is 5.32 Å². The van der Waals surface area contributed by atoms with E-state index in [1.165, 1.54) is 11.1 Å². The molecule has 0 atom stereocenters. The number of anilines is 1. The fraction of sp³-hybridized carbons (Fsp3) is 0.214. The van der Waals surface area contributed by atoms with Gasteiger partial charge in [0.05, 0.1) is 5.02 Å². The predicted octanol–water partition coefficient (Wildman–Crippen LogP) is 3.91. The van der Waals surface area contributed by atoms with E-state index in [1.54, 1.807) is 6.20 Å². The molecule has 0 radical (unpaired) electrons. The van der Waals surface area contributed by atoms with Crippen LogP contribution < -0.4 is 5.32 Å². The van der Waals surface area contributed by atoms with Gasteiger partial charge in [0.2, 0.25) is 0 Å². The van der Waals surface area contributed by atoms with E-state index >= 15 is 0 Å². The second kappa shape index (κ2) is 5.69. The standard InChI is InChI=1S/C14H15ClN2/c1-2-11-5-3-4-6-12(11)9-16-14-8-7-13(15)10-17-14/h3-8,10H,2,9H2,1H3,(H,16,17). The Morgan fingerprint density at radius 1 is 1.12 bits per heavy atom. The Labute approximate surface area is 107 Å². The van der Waals surface area contributed by atoms with Crippen LogP contribution in [0.25, 0.3) is 0 Å². The van der Waals surface area contributed by atoms with Gasteiger partial charge in [-0.05, 0) is 29.7 Å². The van der Waals surface area contributed by atoms with Crippen molar-refractivity contribution in [3.63, 3.8) is 0 Å². The molecule has 0 aliphatic carbocycles. The molecule has 0 spiro atoms. The highest BCUT2D eigenvalue weighted by Gasteiger charge is 2.00. The highest BCUT2D eigenvalue weighted by Crippen LogP contribution is 2.13. The number of pyridine rings is 1. The summed E-state index contributed by atoms with van der Waals surface area (Å²) in [4.78, 5) is 4.21. The van der Waals surface area contributed by atoms with E-state index in [9.17, 15) is 0 Å². The van der Waals surface area contributed by atoms with Gasteiger partial charge in [-0.25, -0.2) is 4.98 Å². The van der Waals surface area contributed by atoms with Crippen LogP contribution in [-0.4, -0.2) is 4.98 Å². The Kier molecular flexibility index (Phi) is 3.99. The number of nitrogens with zero attached hydrogens (tertiary/aromatic N) is 1. The van der Waals surface area contributed by atoms with E-state index in [-0.39, 0.29) is 0 Å². The van der Waals surface area contributed by atoms with E-state index < -0.39 is 0 Å². The fourth-order valence-corrected chi connectivity index (χ4v) is 1.85. The lowest BCUT2D eigenvalue weighted by molar-refractivity contribution is 1.03. The predicted molar refractivity (Wildman–Crippen MR) is 72.4 cm³/mol. The van der Waals surface area contributed by atoms with Crippen molar-refractivity contribution in [1.82, 2.24) is 4.98 Å². The number of hydrogen-bond acceptors (Lipinski definition) is 2. The van der Waals surface area contributed by atoms with Crippen molar-refractivity contribution >= 4 is 17.4 Å². The number of aryl methyl sites for hydroxylation is 1. The monoisotopic (exact) mass is 246 g/mol. The van der Waals surface area contributed by atoms with Crippen molar-refractivity contribution in [2.24, 2.45) is 0 Å². The number of benzene rings is 1. The molecule has 0 bridgehead atoms. The molecule has 1 aromatic heterocycles. The normalized spacial score (nSPS) is 10.2. The summed E-state index contributed by atoms with van der Waals surface area (Å²) in [6.45, 7) is 2.96. The van der Waals surface area contributed by atoms with Crippen molar-refractivity contribution in [1.29, 1.82) is 0 Å². The number of aromatic nitrogens is 1. The van der Waals surface area contributed by atoms with Crippen LogP contribution in [0, 0.1) is 0 Å². The Morgan fingerprint density at radius 3 is 2.53 bits per heavy atom. The molecule has 2 nitrogen and oxygen atoms in total. The Bertz CT molecular complexity index is 480. The van der Waals surface area contributed by atoms with Crippen LogP contribution in [0.4, 0.5) is 5.82 Å². The zero-order chi connectivity index (χ0) is 12.1. The van der Waals surface area contributed by atoms with E-state index in [0.29, 0.717) is 5.02 Å². The first-order valence-electron chi connectivity index (χ1n) is 5.72. The Balaban J connectivity index is 2.04. The SMILES string of the molecule is CCc1ccccc1CNc1ccc(Cl)cn1. The zero-order valence-electron chi connectivity index (χ0n) is 9.78. The third-order valence-corrected chi connectivity index (χ3v) is 2.91. The second-order valence-corrected chi connectivity index (χ2v) is 4.27. The third kappa shape index (κ3) is 3.21. The molecule has 88 valence electrons. The van der Waals surface area contributed by atoms with Crippen LogP contribution in [0.5, 0.6) is 0 Å². The molecule has 0 unspecified atom stereocenters. The van der Waals surface area contributed by atoms with Crippen LogP contribution in [0.2, 0.25) is 5.02 Å². The van der Waals surface area contributed by atoms with Gasteiger partial charge in [0.15, 0.2) is 0 Å². The molecule has 1 aromatic carbocycles. The minimum Gasteiger partial charge on any atom is -0.366 e. The summed E-state index contributed by atoms with van der Waals surface area (Å²) in [6, 6.07) is 12.2. The van der Waals surface area contributed by atoms with Crippen LogP contribution in [0.1, 0.15) is 18.1 Å². The smallest absolute Gasteiger partial charge is 0.126 e. The summed E-state index contributed by atoms with van der Waals surface area (Å²) in [5, 5.41) is 3.95. The molecule has 0 aliphatic rings. The first-order valence-corrected chi connectivity index (χ1v) is 6.09. The van der Waals surface area contributed by atoms with Crippen LogP contribution >= 0.6 is 11.6 Å².